The Morgan fingerprint density at radius 2 is 1.80 bits per heavy atom. The first-order chi connectivity index (χ1) is 11.9. The van der Waals surface area contributed by atoms with Gasteiger partial charge in [0, 0.05) is 31.6 Å². The quantitative estimate of drug-likeness (QED) is 0.732. The average Bonchev–Trinajstić information content (AvgIpc) is 2.56. The number of ether oxygens (including phenoxy) is 1. The van der Waals surface area contributed by atoms with E-state index in [1.54, 1.807) is 0 Å². The molecule has 0 fully saturated rings. The van der Waals surface area contributed by atoms with Crippen LogP contribution >= 0.6 is 0 Å². The highest BCUT2D eigenvalue weighted by atomic mass is 16.5. The van der Waals surface area contributed by atoms with Crippen LogP contribution in [0.4, 0.5) is 0 Å². The first-order valence-corrected chi connectivity index (χ1v) is 9.01. The maximum Gasteiger partial charge on any atom is 0.127 e. The topological polar surface area (TPSA) is 52.9 Å². The molecule has 2 aromatic rings. The van der Waals surface area contributed by atoms with Crippen LogP contribution < -0.4 is 4.74 Å². The van der Waals surface area contributed by atoms with Crippen molar-refractivity contribution in [2.45, 2.75) is 33.3 Å². The molecule has 1 atom stereocenters. The van der Waals surface area contributed by atoms with Crippen LogP contribution in [0.15, 0.2) is 42.5 Å². The summed E-state index contributed by atoms with van der Waals surface area (Å²) in [6.07, 6.45) is 0.146. The van der Waals surface area contributed by atoms with Crippen molar-refractivity contribution in [3.8, 4) is 5.75 Å². The van der Waals surface area contributed by atoms with Gasteiger partial charge in [0.2, 0.25) is 0 Å². The standard InChI is InChI=1S/C21H31NO3/c1-21(2,3)16-22(12-7-13-23)14-18(24)15-25-20-11-6-9-17-8-4-5-10-19(17)20/h4-6,8-11,18,23-24H,7,12-16H2,1-3H3. The van der Waals surface area contributed by atoms with Crippen LogP contribution in [0.25, 0.3) is 10.8 Å². The third-order valence-corrected chi connectivity index (χ3v) is 3.98. The number of benzene rings is 2. The average molecular weight is 345 g/mol. The van der Waals surface area contributed by atoms with E-state index in [4.69, 9.17) is 9.84 Å². The molecule has 0 aliphatic carbocycles. The van der Waals surface area contributed by atoms with Gasteiger partial charge in [-0.3, -0.25) is 0 Å². The molecule has 2 N–H and O–H groups in total. The monoisotopic (exact) mass is 345 g/mol. The van der Waals surface area contributed by atoms with Crippen LogP contribution in [-0.4, -0.2) is 54.1 Å². The normalized spacial score (nSPS) is 13.4. The van der Waals surface area contributed by atoms with E-state index in [2.05, 4.69) is 37.8 Å². The fraction of sp³-hybridized carbons (Fsp3) is 0.524. The zero-order valence-corrected chi connectivity index (χ0v) is 15.6. The van der Waals surface area contributed by atoms with Gasteiger partial charge in [-0.2, -0.15) is 0 Å². The van der Waals surface area contributed by atoms with Crippen LogP contribution in [0.2, 0.25) is 0 Å². The van der Waals surface area contributed by atoms with E-state index in [1.807, 2.05) is 30.3 Å². The minimum Gasteiger partial charge on any atom is -0.490 e. The molecule has 0 aliphatic rings. The second-order valence-corrected chi connectivity index (χ2v) is 7.82. The summed E-state index contributed by atoms with van der Waals surface area (Å²) in [7, 11) is 0. The molecule has 0 spiro atoms. The molecule has 138 valence electrons. The number of aliphatic hydroxyl groups excluding tert-OH is 2. The van der Waals surface area contributed by atoms with E-state index >= 15 is 0 Å². The molecule has 4 heteroatoms. The van der Waals surface area contributed by atoms with Crippen molar-refractivity contribution in [1.29, 1.82) is 0 Å². The minimum absolute atomic E-state index is 0.145. The number of aliphatic hydroxyl groups is 2. The van der Waals surface area contributed by atoms with Gasteiger partial charge in [-0.05, 0) is 23.3 Å². The van der Waals surface area contributed by atoms with Crippen molar-refractivity contribution in [2.75, 3.05) is 32.8 Å². The van der Waals surface area contributed by atoms with Crippen molar-refractivity contribution in [3.05, 3.63) is 42.5 Å². The molecule has 1 unspecified atom stereocenters. The molecule has 0 heterocycles. The van der Waals surface area contributed by atoms with Gasteiger partial charge >= 0.3 is 0 Å². The summed E-state index contributed by atoms with van der Waals surface area (Å²) in [6, 6.07) is 14.0. The maximum atomic E-state index is 10.4. The Morgan fingerprint density at radius 1 is 1.08 bits per heavy atom. The van der Waals surface area contributed by atoms with E-state index in [1.165, 1.54) is 0 Å². The number of hydrogen-bond acceptors (Lipinski definition) is 4. The zero-order valence-electron chi connectivity index (χ0n) is 15.6. The molecule has 0 bridgehead atoms. The Labute approximate surface area is 151 Å². The summed E-state index contributed by atoms with van der Waals surface area (Å²) in [4.78, 5) is 2.20. The third-order valence-electron chi connectivity index (χ3n) is 3.98. The van der Waals surface area contributed by atoms with Crippen LogP contribution in [0, 0.1) is 5.41 Å². The van der Waals surface area contributed by atoms with Crippen molar-refractivity contribution in [2.24, 2.45) is 5.41 Å². The lowest BCUT2D eigenvalue weighted by atomic mass is 9.96. The smallest absolute Gasteiger partial charge is 0.127 e. The largest absolute Gasteiger partial charge is 0.490 e. The van der Waals surface area contributed by atoms with Gasteiger partial charge in [-0.25, -0.2) is 0 Å². The van der Waals surface area contributed by atoms with Gasteiger partial charge in [-0.1, -0.05) is 57.2 Å². The fourth-order valence-corrected chi connectivity index (χ4v) is 3.06. The SMILES string of the molecule is CC(C)(C)CN(CCCO)CC(O)COc1cccc2ccccc12. The molecule has 2 rings (SSSR count). The molecule has 4 nitrogen and oxygen atoms in total. The second-order valence-electron chi connectivity index (χ2n) is 7.82. The van der Waals surface area contributed by atoms with E-state index in [0.717, 1.165) is 29.6 Å². The van der Waals surface area contributed by atoms with E-state index in [-0.39, 0.29) is 18.6 Å². The second kappa shape index (κ2) is 9.18. The third kappa shape index (κ3) is 6.65. The molecule has 0 radical (unpaired) electrons. The van der Waals surface area contributed by atoms with Gasteiger partial charge in [0.15, 0.2) is 0 Å². The summed E-state index contributed by atoms with van der Waals surface area (Å²) < 4.78 is 5.89. The number of hydrogen-bond donors (Lipinski definition) is 2. The highest BCUT2D eigenvalue weighted by molar-refractivity contribution is 5.88. The van der Waals surface area contributed by atoms with E-state index in [0.29, 0.717) is 13.0 Å². The van der Waals surface area contributed by atoms with Gasteiger partial charge < -0.3 is 19.8 Å². The lowest BCUT2D eigenvalue weighted by Crippen LogP contribution is -2.41. The number of rotatable bonds is 9. The van der Waals surface area contributed by atoms with Crippen LogP contribution in [0.5, 0.6) is 5.75 Å². The Kier molecular flexibility index (Phi) is 7.24. The molecule has 0 saturated carbocycles. The predicted octanol–water partition coefficient (Wildman–Crippen LogP) is 3.31. The summed E-state index contributed by atoms with van der Waals surface area (Å²) in [5.41, 5.74) is 0.145. The fourth-order valence-electron chi connectivity index (χ4n) is 3.06. The predicted molar refractivity (Wildman–Crippen MR) is 103 cm³/mol. The first-order valence-electron chi connectivity index (χ1n) is 9.01. The van der Waals surface area contributed by atoms with Crippen molar-refractivity contribution in [3.63, 3.8) is 0 Å². The molecular weight excluding hydrogens is 314 g/mol. The van der Waals surface area contributed by atoms with Gasteiger partial charge in [0.05, 0.1) is 0 Å². The van der Waals surface area contributed by atoms with Gasteiger partial charge in [0.1, 0.15) is 18.5 Å². The first kappa shape index (κ1) is 19.7. The summed E-state index contributed by atoms with van der Waals surface area (Å²) in [5.74, 6) is 0.801. The molecule has 2 aromatic carbocycles. The number of nitrogens with zero attached hydrogens (tertiary/aromatic N) is 1. The van der Waals surface area contributed by atoms with E-state index in [9.17, 15) is 5.11 Å². The van der Waals surface area contributed by atoms with Gasteiger partial charge in [-0.15, -0.1) is 0 Å². The van der Waals surface area contributed by atoms with Crippen LogP contribution in [0.1, 0.15) is 27.2 Å². The summed E-state index contributed by atoms with van der Waals surface area (Å²) in [6.45, 7) is 9.16. The minimum atomic E-state index is -0.569. The molecular formula is C21H31NO3. The van der Waals surface area contributed by atoms with Crippen molar-refractivity contribution < 1.29 is 14.9 Å². The van der Waals surface area contributed by atoms with Crippen LogP contribution in [0.3, 0.4) is 0 Å². The maximum absolute atomic E-state index is 10.4. The zero-order chi connectivity index (χ0) is 18.3. The lowest BCUT2D eigenvalue weighted by molar-refractivity contribution is 0.0543. The number of fused-ring (bicyclic) bond motifs is 1. The highest BCUT2D eigenvalue weighted by Crippen LogP contribution is 2.25. The van der Waals surface area contributed by atoms with E-state index < -0.39 is 6.10 Å². The Morgan fingerprint density at radius 3 is 2.52 bits per heavy atom. The molecule has 0 saturated heterocycles. The van der Waals surface area contributed by atoms with Gasteiger partial charge in [0.25, 0.3) is 0 Å². The molecule has 0 aliphatic heterocycles. The Balaban J connectivity index is 1.94. The van der Waals surface area contributed by atoms with Crippen LogP contribution in [-0.2, 0) is 0 Å². The molecule has 0 aromatic heterocycles. The highest BCUT2D eigenvalue weighted by Gasteiger charge is 2.19. The summed E-state index contributed by atoms with van der Waals surface area (Å²) in [5, 5.41) is 21.7. The lowest BCUT2D eigenvalue weighted by Gasteiger charge is -2.31. The molecule has 25 heavy (non-hydrogen) atoms. The Bertz CT molecular complexity index is 646. The summed E-state index contributed by atoms with van der Waals surface area (Å²) >= 11 is 0. The molecule has 0 amide bonds. The van der Waals surface area contributed by atoms with Crippen molar-refractivity contribution >= 4 is 10.8 Å². The van der Waals surface area contributed by atoms with Crippen molar-refractivity contribution in [1.82, 2.24) is 4.90 Å². The Hall–Kier alpha value is -1.62.